The lowest BCUT2D eigenvalue weighted by molar-refractivity contribution is 0.103. The second-order valence-electron chi connectivity index (χ2n) is 7.45. The van der Waals surface area contributed by atoms with Crippen molar-refractivity contribution in [3.8, 4) is 17.2 Å². The molecule has 148 valence electrons. The molecule has 29 heavy (non-hydrogen) atoms. The van der Waals surface area contributed by atoms with Crippen molar-refractivity contribution in [1.82, 2.24) is 4.98 Å². The number of hydrogen-bond donors (Lipinski definition) is 1. The zero-order chi connectivity index (χ0) is 20.6. The Bertz CT molecular complexity index is 1150. The summed E-state index contributed by atoms with van der Waals surface area (Å²) in [6.07, 6.45) is 9.16. The van der Waals surface area contributed by atoms with Crippen LogP contribution in [0.2, 0.25) is 0 Å². The van der Waals surface area contributed by atoms with Crippen molar-refractivity contribution < 1.29 is 19.0 Å². The molecule has 3 aromatic rings. The monoisotopic (exact) mass is 389 g/mol. The van der Waals surface area contributed by atoms with Gasteiger partial charge in [-0.1, -0.05) is 0 Å². The molecule has 0 radical (unpaired) electrons. The van der Waals surface area contributed by atoms with E-state index in [0.29, 0.717) is 17.1 Å². The van der Waals surface area contributed by atoms with Gasteiger partial charge in [-0.05, 0) is 68.5 Å². The molecular weight excluding hydrogens is 366 g/mol. The fourth-order valence-corrected chi connectivity index (χ4v) is 3.44. The van der Waals surface area contributed by atoms with E-state index in [1.807, 2.05) is 50.4 Å². The molecule has 1 N–H and O–H groups in total. The number of aromatic amines is 1. The molecule has 0 unspecified atom stereocenters. The predicted octanol–water partition coefficient (Wildman–Crippen LogP) is 5.27. The molecule has 2 aromatic carbocycles. The van der Waals surface area contributed by atoms with Crippen LogP contribution in [0.1, 0.15) is 35.3 Å². The van der Waals surface area contributed by atoms with Gasteiger partial charge in [0.2, 0.25) is 0 Å². The first-order chi connectivity index (χ1) is 13.9. The van der Waals surface area contributed by atoms with Crippen molar-refractivity contribution in [1.29, 1.82) is 0 Å². The van der Waals surface area contributed by atoms with E-state index in [1.165, 1.54) is 0 Å². The molecule has 0 spiro atoms. The van der Waals surface area contributed by atoms with Gasteiger partial charge in [0.05, 0.1) is 25.3 Å². The molecule has 5 nitrogen and oxygen atoms in total. The average molecular weight is 389 g/mol. The van der Waals surface area contributed by atoms with Gasteiger partial charge in [0, 0.05) is 22.7 Å². The van der Waals surface area contributed by atoms with Gasteiger partial charge in [-0.3, -0.25) is 4.79 Å². The first-order valence-electron chi connectivity index (χ1n) is 9.38. The summed E-state index contributed by atoms with van der Waals surface area (Å²) in [4.78, 5) is 16.2. The van der Waals surface area contributed by atoms with Crippen LogP contribution in [0.3, 0.4) is 0 Å². The number of carbonyl (C=O) groups excluding carboxylic acids is 1. The summed E-state index contributed by atoms with van der Waals surface area (Å²) in [7, 11) is 3.24. The summed E-state index contributed by atoms with van der Waals surface area (Å²) in [5, 5.41) is 0.991. The van der Waals surface area contributed by atoms with E-state index in [0.717, 1.165) is 27.8 Å². The Hall–Kier alpha value is -3.47. The van der Waals surface area contributed by atoms with Gasteiger partial charge in [0.15, 0.2) is 5.78 Å². The highest BCUT2D eigenvalue weighted by Crippen LogP contribution is 2.40. The summed E-state index contributed by atoms with van der Waals surface area (Å²) in [5.74, 6) is 1.86. The highest BCUT2D eigenvalue weighted by Gasteiger charge is 2.27. The van der Waals surface area contributed by atoms with Crippen molar-refractivity contribution >= 4 is 28.8 Å². The van der Waals surface area contributed by atoms with Crippen LogP contribution in [-0.2, 0) is 0 Å². The summed E-state index contributed by atoms with van der Waals surface area (Å²) < 4.78 is 16.8. The van der Waals surface area contributed by atoms with Crippen LogP contribution < -0.4 is 14.2 Å². The minimum Gasteiger partial charge on any atom is -0.497 e. The number of aromatic nitrogens is 1. The maximum atomic E-state index is 13.0. The van der Waals surface area contributed by atoms with E-state index in [-0.39, 0.29) is 5.78 Å². The minimum atomic E-state index is -0.495. The molecule has 5 heteroatoms. The number of benzene rings is 2. The lowest BCUT2D eigenvalue weighted by Crippen LogP contribution is -2.28. The molecule has 0 bridgehead atoms. The van der Waals surface area contributed by atoms with Gasteiger partial charge in [-0.15, -0.1) is 0 Å². The van der Waals surface area contributed by atoms with Crippen LogP contribution in [0.5, 0.6) is 17.2 Å². The van der Waals surface area contributed by atoms with Crippen molar-refractivity contribution in [2.75, 3.05) is 14.2 Å². The third kappa shape index (κ3) is 3.51. The van der Waals surface area contributed by atoms with E-state index in [2.05, 4.69) is 4.98 Å². The van der Waals surface area contributed by atoms with Gasteiger partial charge < -0.3 is 19.2 Å². The number of fused-ring (bicyclic) bond motifs is 2. The SMILES string of the molecule is COc1ccc2[nH]cc(/C=C/C(=O)c3ccc(OC)c4c3OC(C)(C)C=C4)c2c1. The Morgan fingerprint density at radius 2 is 1.97 bits per heavy atom. The number of ketones is 1. The first kappa shape index (κ1) is 18.9. The predicted molar refractivity (Wildman–Crippen MR) is 115 cm³/mol. The van der Waals surface area contributed by atoms with Crippen molar-refractivity contribution in [2.24, 2.45) is 0 Å². The van der Waals surface area contributed by atoms with Gasteiger partial charge in [0.25, 0.3) is 0 Å². The normalized spacial score (nSPS) is 14.6. The molecule has 2 heterocycles. The van der Waals surface area contributed by atoms with Crippen LogP contribution in [0.4, 0.5) is 0 Å². The third-order valence-corrected chi connectivity index (χ3v) is 4.99. The molecule has 1 aliphatic rings. The van der Waals surface area contributed by atoms with E-state index in [1.54, 1.807) is 38.5 Å². The number of ether oxygens (including phenoxy) is 3. The minimum absolute atomic E-state index is 0.132. The molecule has 0 atom stereocenters. The number of H-pyrrole nitrogens is 1. The Kier molecular flexibility index (Phi) is 4.66. The number of hydrogen-bond acceptors (Lipinski definition) is 4. The molecule has 0 saturated carbocycles. The summed E-state index contributed by atoms with van der Waals surface area (Å²) >= 11 is 0. The lowest BCUT2D eigenvalue weighted by Gasteiger charge is -2.29. The van der Waals surface area contributed by atoms with Crippen molar-refractivity contribution in [3.63, 3.8) is 0 Å². The number of rotatable bonds is 5. The summed E-state index contributed by atoms with van der Waals surface area (Å²) in [6.45, 7) is 3.91. The molecule has 4 rings (SSSR count). The lowest BCUT2D eigenvalue weighted by atomic mass is 9.97. The Morgan fingerprint density at radius 3 is 2.72 bits per heavy atom. The van der Waals surface area contributed by atoms with Crippen LogP contribution in [0, 0.1) is 0 Å². The molecular formula is C24H23NO4. The number of carbonyl (C=O) groups is 1. The summed E-state index contributed by atoms with van der Waals surface area (Å²) in [5.41, 5.74) is 2.69. The zero-order valence-corrected chi connectivity index (χ0v) is 16.9. The number of methoxy groups -OCH3 is 2. The van der Waals surface area contributed by atoms with Crippen molar-refractivity contribution in [3.05, 3.63) is 65.4 Å². The largest absolute Gasteiger partial charge is 0.497 e. The van der Waals surface area contributed by atoms with Crippen LogP contribution >= 0.6 is 0 Å². The van der Waals surface area contributed by atoms with Gasteiger partial charge in [0.1, 0.15) is 22.8 Å². The van der Waals surface area contributed by atoms with E-state index < -0.39 is 5.60 Å². The fraction of sp³-hybridized carbons (Fsp3) is 0.208. The van der Waals surface area contributed by atoms with Gasteiger partial charge in [-0.2, -0.15) is 0 Å². The van der Waals surface area contributed by atoms with E-state index >= 15 is 0 Å². The second kappa shape index (κ2) is 7.17. The smallest absolute Gasteiger partial charge is 0.189 e. The van der Waals surface area contributed by atoms with Crippen molar-refractivity contribution in [2.45, 2.75) is 19.4 Å². The van der Waals surface area contributed by atoms with Crippen LogP contribution in [0.25, 0.3) is 23.1 Å². The Morgan fingerprint density at radius 1 is 1.14 bits per heavy atom. The quantitative estimate of drug-likeness (QED) is 0.477. The molecule has 1 aliphatic heterocycles. The molecule has 0 amide bonds. The Labute approximate surface area is 169 Å². The van der Waals surface area contributed by atoms with E-state index in [4.69, 9.17) is 14.2 Å². The maximum absolute atomic E-state index is 13.0. The van der Waals surface area contributed by atoms with E-state index in [9.17, 15) is 4.79 Å². The number of allylic oxidation sites excluding steroid dienone is 1. The molecule has 1 aromatic heterocycles. The zero-order valence-electron chi connectivity index (χ0n) is 16.9. The maximum Gasteiger partial charge on any atom is 0.189 e. The van der Waals surface area contributed by atoms with Gasteiger partial charge >= 0.3 is 0 Å². The fourth-order valence-electron chi connectivity index (χ4n) is 3.44. The highest BCUT2D eigenvalue weighted by molar-refractivity contribution is 6.10. The topological polar surface area (TPSA) is 60.6 Å². The molecule has 0 saturated heterocycles. The molecule has 0 fully saturated rings. The van der Waals surface area contributed by atoms with Gasteiger partial charge in [-0.25, -0.2) is 0 Å². The number of nitrogens with one attached hydrogen (secondary N) is 1. The summed E-state index contributed by atoms with van der Waals surface area (Å²) in [6, 6.07) is 9.34. The second-order valence-corrected chi connectivity index (χ2v) is 7.45. The Balaban J connectivity index is 1.70. The standard InChI is InChI=1S/C24H23NO4/c1-24(2)12-11-18-22(28-4)10-7-17(23(18)29-24)21(26)9-5-15-14-25-20-8-6-16(27-3)13-19(15)20/h5-14,25H,1-4H3/b9-5+. The molecule has 0 aliphatic carbocycles. The third-order valence-electron chi connectivity index (χ3n) is 4.99. The highest BCUT2D eigenvalue weighted by atomic mass is 16.5. The van der Waals surface area contributed by atoms with Crippen LogP contribution in [-0.4, -0.2) is 30.6 Å². The first-order valence-corrected chi connectivity index (χ1v) is 9.38. The average Bonchev–Trinajstić information content (AvgIpc) is 3.12. The van der Waals surface area contributed by atoms with Crippen LogP contribution in [0.15, 0.2) is 48.7 Å².